The minimum absolute atomic E-state index is 0.203. The maximum atomic E-state index is 15.2. The third-order valence-corrected chi connectivity index (χ3v) is 5.44. The average Bonchev–Trinajstić information content (AvgIpc) is 3.66. The molecule has 1 heterocycles. The molecule has 2 aromatic rings. The molecular formula is C21H22FN3O9. The molecule has 1 aliphatic rings. The number of halogens is 1. The lowest BCUT2D eigenvalue weighted by Crippen LogP contribution is -2.32. The summed E-state index contributed by atoms with van der Waals surface area (Å²) in [6, 6.07) is -0.808. The highest BCUT2D eigenvalue weighted by atomic mass is 19.1. The molecule has 1 fully saturated rings. The van der Waals surface area contributed by atoms with Crippen LogP contribution >= 0.6 is 0 Å². The van der Waals surface area contributed by atoms with E-state index < -0.39 is 51.5 Å². The number of anilines is 1. The van der Waals surface area contributed by atoms with Crippen LogP contribution in [0.2, 0.25) is 0 Å². The predicted molar refractivity (Wildman–Crippen MR) is 115 cm³/mol. The number of nitro benzene ring substituents is 1. The first-order valence-electron chi connectivity index (χ1n) is 10.2. The number of hydrogen-bond donors (Lipinski definition) is 1. The highest BCUT2D eigenvalue weighted by Crippen LogP contribution is 2.42. The maximum absolute atomic E-state index is 15.2. The maximum Gasteiger partial charge on any atom is 0.343 e. The Labute approximate surface area is 191 Å². The fourth-order valence-corrected chi connectivity index (χ4v) is 3.61. The molecule has 13 heteroatoms. The number of rotatable bonds is 9. The number of carbonyl (C=O) groups excluding carboxylic acids is 3. The van der Waals surface area contributed by atoms with Crippen LogP contribution < -0.4 is 10.7 Å². The monoisotopic (exact) mass is 479 g/mol. The van der Waals surface area contributed by atoms with Gasteiger partial charge in [0.05, 0.1) is 31.6 Å². The van der Waals surface area contributed by atoms with Gasteiger partial charge in [-0.25, -0.2) is 14.0 Å². The quantitative estimate of drug-likeness (QED) is 0.244. The molecule has 1 unspecified atom stereocenters. The van der Waals surface area contributed by atoms with Gasteiger partial charge in [-0.05, 0) is 25.3 Å². The average molecular weight is 479 g/mol. The van der Waals surface area contributed by atoms with Gasteiger partial charge in [0.1, 0.15) is 17.1 Å². The van der Waals surface area contributed by atoms with E-state index in [1.165, 1.54) is 4.57 Å². The fraction of sp³-hybridized carbons (Fsp3) is 0.429. The van der Waals surface area contributed by atoms with Crippen molar-refractivity contribution in [2.24, 2.45) is 0 Å². The van der Waals surface area contributed by atoms with Crippen molar-refractivity contribution in [3.8, 4) is 0 Å². The summed E-state index contributed by atoms with van der Waals surface area (Å²) in [6.07, 6.45) is 1.96. The SMILES string of the molecule is COC(=O)CCC(Nc1c(F)cc2c(=O)c(C(=O)OC)cn(C3CC3)c2c1[N+](=O)[O-])C(=O)OC. The summed E-state index contributed by atoms with van der Waals surface area (Å²) in [6.45, 7) is 0. The van der Waals surface area contributed by atoms with E-state index in [1.54, 1.807) is 0 Å². The number of nitro groups is 1. The molecule has 3 rings (SSSR count). The molecule has 1 saturated carbocycles. The molecule has 0 spiro atoms. The second kappa shape index (κ2) is 9.85. The van der Waals surface area contributed by atoms with Gasteiger partial charge in [0.15, 0.2) is 11.5 Å². The van der Waals surface area contributed by atoms with E-state index in [2.05, 4.69) is 19.5 Å². The van der Waals surface area contributed by atoms with Gasteiger partial charge in [0.25, 0.3) is 0 Å². The van der Waals surface area contributed by atoms with Gasteiger partial charge < -0.3 is 24.1 Å². The number of aromatic nitrogens is 1. The van der Waals surface area contributed by atoms with Crippen molar-refractivity contribution in [2.45, 2.75) is 37.8 Å². The Balaban J connectivity index is 2.25. The van der Waals surface area contributed by atoms with E-state index in [4.69, 9.17) is 0 Å². The summed E-state index contributed by atoms with van der Waals surface area (Å²) in [5.41, 5.74) is -2.96. The standard InChI is InChI=1S/C21H22FN3O9/c1-32-15(26)7-6-14(21(29)34-3)23-16-13(22)8-11-17(18(16)25(30)31)24(10-4-5-10)9-12(19(11)27)20(28)33-2/h8-10,14,23H,4-7H2,1-3H3. The van der Waals surface area contributed by atoms with Crippen LogP contribution in [0.4, 0.5) is 15.8 Å². The molecule has 0 aliphatic heterocycles. The molecule has 1 N–H and O–H groups in total. The van der Waals surface area contributed by atoms with Gasteiger partial charge in [0, 0.05) is 18.7 Å². The number of esters is 3. The Morgan fingerprint density at radius 2 is 1.91 bits per heavy atom. The van der Waals surface area contributed by atoms with Crippen LogP contribution in [-0.4, -0.2) is 54.8 Å². The number of methoxy groups -OCH3 is 3. The molecule has 1 aromatic heterocycles. The van der Waals surface area contributed by atoms with Crippen molar-refractivity contribution in [2.75, 3.05) is 26.6 Å². The van der Waals surface area contributed by atoms with E-state index >= 15 is 4.39 Å². The van der Waals surface area contributed by atoms with Crippen LogP contribution in [0.3, 0.4) is 0 Å². The number of nitrogens with zero attached hydrogens (tertiary/aromatic N) is 2. The van der Waals surface area contributed by atoms with Crippen LogP contribution in [0, 0.1) is 15.9 Å². The summed E-state index contributed by atoms with van der Waals surface area (Å²) < 4.78 is 30.4. The summed E-state index contributed by atoms with van der Waals surface area (Å²) in [4.78, 5) is 60.0. The molecule has 0 bridgehead atoms. The van der Waals surface area contributed by atoms with Crippen molar-refractivity contribution in [3.63, 3.8) is 0 Å². The zero-order chi connectivity index (χ0) is 25.2. The summed E-state index contributed by atoms with van der Waals surface area (Å²) in [5, 5.41) is 14.2. The minimum atomic E-state index is -1.33. The zero-order valence-corrected chi connectivity index (χ0v) is 18.6. The van der Waals surface area contributed by atoms with E-state index in [9.17, 15) is 29.3 Å². The highest BCUT2D eigenvalue weighted by Gasteiger charge is 2.35. The predicted octanol–water partition coefficient (Wildman–Crippen LogP) is 2.08. The second-order valence-electron chi connectivity index (χ2n) is 7.57. The highest BCUT2D eigenvalue weighted by molar-refractivity contribution is 5.99. The zero-order valence-electron chi connectivity index (χ0n) is 18.6. The van der Waals surface area contributed by atoms with Gasteiger partial charge in [-0.1, -0.05) is 0 Å². The number of nitrogens with one attached hydrogen (secondary N) is 1. The molecule has 34 heavy (non-hydrogen) atoms. The first-order valence-corrected chi connectivity index (χ1v) is 10.2. The lowest BCUT2D eigenvalue weighted by Gasteiger charge is -2.19. The molecule has 1 aliphatic carbocycles. The summed E-state index contributed by atoms with van der Waals surface area (Å²) >= 11 is 0. The number of hydrogen-bond acceptors (Lipinski definition) is 10. The molecular weight excluding hydrogens is 457 g/mol. The van der Waals surface area contributed by atoms with Gasteiger partial charge in [-0.3, -0.25) is 19.7 Å². The van der Waals surface area contributed by atoms with E-state index in [1.807, 2.05) is 0 Å². The van der Waals surface area contributed by atoms with Crippen molar-refractivity contribution in [1.82, 2.24) is 4.57 Å². The van der Waals surface area contributed by atoms with Crippen LogP contribution in [0.1, 0.15) is 42.1 Å². The summed E-state index contributed by atoms with van der Waals surface area (Å²) in [5.74, 6) is -3.70. The Kier molecular flexibility index (Phi) is 7.13. The first-order chi connectivity index (χ1) is 16.1. The van der Waals surface area contributed by atoms with Crippen molar-refractivity contribution < 1.29 is 37.9 Å². The second-order valence-corrected chi connectivity index (χ2v) is 7.57. The van der Waals surface area contributed by atoms with E-state index in [-0.39, 0.29) is 35.3 Å². The third-order valence-electron chi connectivity index (χ3n) is 5.44. The largest absolute Gasteiger partial charge is 0.469 e. The Hall–Kier alpha value is -4.03. The molecule has 0 amide bonds. The minimum Gasteiger partial charge on any atom is -0.469 e. The number of fused-ring (bicyclic) bond motifs is 1. The molecule has 182 valence electrons. The van der Waals surface area contributed by atoms with Gasteiger partial charge in [-0.2, -0.15) is 0 Å². The Morgan fingerprint density at radius 1 is 1.24 bits per heavy atom. The molecule has 0 saturated heterocycles. The molecule has 1 aromatic carbocycles. The Bertz CT molecular complexity index is 1240. The normalized spacial score (nSPS) is 13.8. The van der Waals surface area contributed by atoms with Crippen LogP contribution in [0.25, 0.3) is 10.9 Å². The van der Waals surface area contributed by atoms with Crippen LogP contribution in [0.15, 0.2) is 17.1 Å². The molecule has 12 nitrogen and oxygen atoms in total. The van der Waals surface area contributed by atoms with Gasteiger partial charge >= 0.3 is 23.6 Å². The number of pyridine rings is 1. The Morgan fingerprint density at radius 3 is 2.44 bits per heavy atom. The third kappa shape index (κ3) is 4.67. The van der Waals surface area contributed by atoms with Crippen molar-refractivity contribution in [3.05, 3.63) is 44.0 Å². The van der Waals surface area contributed by atoms with E-state index in [0.29, 0.717) is 12.8 Å². The van der Waals surface area contributed by atoms with Gasteiger partial charge in [-0.15, -0.1) is 0 Å². The number of ether oxygens (including phenoxy) is 3. The number of benzene rings is 1. The van der Waals surface area contributed by atoms with E-state index in [0.717, 1.165) is 33.6 Å². The first kappa shape index (κ1) is 24.6. The number of carbonyl (C=O) groups is 3. The summed E-state index contributed by atoms with van der Waals surface area (Å²) in [7, 11) is 3.29. The molecule has 0 radical (unpaired) electrons. The van der Waals surface area contributed by atoms with Gasteiger partial charge in [0.2, 0.25) is 5.43 Å². The lowest BCUT2D eigenvalue weighted by atomic mass is 10.1. The molecule has 1 atom stereocenters. The van der Waals surface area contributed by atoms with Crippen molar-refractivity contribution >= 4 is 40.2 Å². The van der Waals surface area contributed by atoms with Crippen LogP contribution in [0.5, 0.6) is 0 Å². The smallest absolute Gasteiger partial charge is 0.343 e. The lowest BCUT2D eigenvalue weighted by molar-refractivity contribution is -0.382. The van der Waals surface area contributed by atoms with Crippen LogP contribution in [-0.2, 0) is 23.8 Å². The topological polar surface area (TPSA) is 156 Å². The fourth-order valence-electron chi connectivity index (χ4n) is 3.61. The van der Waals surface area contributed by atoms with Crippen molar-refractivity contribution in [1.29, 1.82) is 0 Å².